The van der Waals surface area contributed by atoms with E-state index >= 15 is 0 Å². The quantitative estimate of drug-likeness (QED) is 0.428. The highest BCUT2D eigenvalue weighted by Crippen LogP contribution is 2.49. The van der Waals surface area contributed by atoms with Crippen molar-refractivity contribution in [2.75, 3.05) is 14.2 Å². The van der Waals surface area contributed by atoms with Crippen molar-refractivity contribution in [1.29, 1.82) is 0 Å². The highest BCUT2D eigenvalue weighted by molar-refractivity contribution is 5.50. The third kappa shape index (κ3) is 4.62. The molecule has 0 unspecified atom stereocenters. The van der Waals surface area contributed by atoms with Crippen LogP contribution in [0, 0.1) is 0 Å². The smallest absolute Gasteiger partial charge is 0.122 e. The summed E-state index contributed by atoms with van der Waals surface area (Å²) < 4.78 is 11.8. The molecule has 0 heterocycles. The minimum Gasteiger partial charge on any atom is -0.496 e. The van der Waals surface area contributed by atoms with Crippen molar-refractivity contribution in [2.24, 2.45) is 0 Å². The topological polar surface area (TPSA) is 18.5 Å². The van der Waals surface area contributed by atoms with Crippen molar-refractivity contribution < 1.29 is 9.47 Å². The second-order valence-corrected chi connectivity index (χ2v) is 11.2. The van der Waals surface area contributed by atoms with Crippen LogP contribution in [0.3, 0.4) is 0 Å². The molecule has 0 bridgehead atoms. The van der Waals surface area contributed by atoms with Crippen LogP contribution >= 0.6 is 0 Å². The van der Waals surface area contributed by atoms with E-state index in [4.69, 9.17) is 9.47 Å². The molecule has 3 saturated carbocycles. The Kier molecular flexibility index (Phi) is 7.52. The van der Waals surface area contributed by atoms with E-state index in [0.29, 0.717) is 11.8 Å². The summed E-state index contributed by atoms with van der Waals surface area (Å²) in [6.45, 7) is 0. The fraction of sp³-hybridized carbons (Fsp3) is 0.625. The van der Waals surface area contributed by atoms with Crippen LogP contribution < -0.4 is 9.47 Å². The van der Waals surface area contributed by atoms with Crippen LogP contribution in [-0.2, 0) is 5.41 Å². The van der Waals surface area contributed by atoms with Gasteiger partial charge < -0.3 is 9.47 Å². The van der Waals surface area contributed by atoms with Gasteiger partial charge in [-0.3, -0.25) is 0 Å². The van der Waals surface area contributed by atoms with Crippen LogP contribution in [0.15, 0.2) is 36.4 Å². The molecule has 3 fully saturated rings. The summed E-state index contributed by atoms with van der Waals surface area (Å²) >= 11 is 0. The molecule has 184 valence electrons. The van der Waals surface area contributed by atoms with Crippen LogP contribution in [0.1, 0.15) is 130 Å². The second-order valence-electron chi connectivity index (χ2n) is 11.2. The summed E-state index contributed by atoms with van der Waals surface area (Å²) in [5.74, 6) is 3.49. The Bertz CT molecular complexity index is 872. The van der Waals surface area contributed by atoms with Gasteiger partial charge in [0, 0.05) is 5.41 Å². The van der Waals surface area contributed by atoms with Gasteiger partial charge in [0.25, 0.3) is 0 Å². The molecule has 0 saturated heterocycles. The van der Waals surface area contributed by atoms with E-state index in [9.17, 15) is 0 Å². The van der Waals surface area contributed by atoms with E-state index in [-0.39, 0.29) is 5.41 Å². The fourth-order valence-corrected chi connectivity index (χ4v) is 7.43. The number of rotatable bonds is 6. The summed E-state index contributed by atoms with van der Waals surface area (Å²) in [5.41, 5.74) is 6.09. The fourth-order valence-electron chi connectivity index (χ4n) is 7.43. The molecular formula is C32H44O2. The monoisotopic (exact) mass is 460 g/mol. The highest BCUT2D eigenvalue weighted by Gasteiger charge is 2.37. The van der Waals surface area contributed by atoms with E-state index in [2.05, 4.69) is 36.4 Å². The van der Waals surface area contributed by atoms with Crippen LogP contribution in [0.4, 0.5) is 0 Å². The van der Waals surface area contributed by atoms with E-state index in [1.54, 1.807) is 0 Å². The molecule has 0 aromatic heterocycles. The lowest BCUT2D eigenvalue weighted by molar-refractivity contribution is 0.341. The van der Waals surface area contributed by atoms with E-state index in [1.807, 2.05) is 14.2 Å². The van der Waals surface area contributed by atoms with Crippen LogP contribution in [0.2, 0.25) is 0 Å². The molecule has 5 rings (SSSR count). The first-order valence-electron chi connectivity index (χ1n) is 14.1. The minimum absolute atomic E-state index is 0.115. The van der Waals surface area contributed by atoms with E-state index in [1.165, 1.54) is 119 Å². The average molecular weight is 461 g/mol. The maximum atomic E-state index is 5.89. The van der Waals surface area contributed by atoms with Gasteiger partial charge in [-0.2, -0.15) is 0 Å². The lowest BCUT2D eigenvalue weighted by atomic mass is 9.64. The van der Waals surface area contributed by atoms with Gasteiger partial charge >= 0.3 is 0 Å². The lowest BCUT2D eigenvalue weighted by Crippen LogP contribution is -2.31. The minimum atomic E-state index is 0.115. The van der Waals surface area contributed by atoms with E-state index in [0.717, 1.165) is 11.5 Å². The Balaban J connectivity index is 1.59. The van der Waals surface area contributed by atoms with Crippen molar-refractivity contribution in [3.05, 3.63) is 58.7 Å². The molecule has 0 amide bonds. The third-order valence-electron chi connectivity index (χ3n) is 9.36. The van der Waals surface area contributed by atoms with Gasteiger partial charge in [0.2, 0.25) is 0 Å². The first kappa shape index (κ1) is 23.8. The van der Waals surface area contributed by atoms with Gasteiger partial charge in [-0.1, -0.05) is 82.1 Å². The third-order valence-corrected chi connectivity index (χ3v) is 9.36. The standard InChI is InChI=1S/C32H44O2/c1-33-30-18-16-26(22-28(30)24-12-6-3-7-13-24)32(20-10-5-11-21-32)27-17-19-31(34-2)29(23-27)25-14-8-4-9-15-25/h16-19,22-25H,3-15,20-21H2,1-2H3. The Labute approximate surface area is 207 Å². The lowest BCUT2D eigenvalue weighted by Gasteiger charge is -2.40. The highest BCUT2D eigenvalue weighted by atomic mass is 16.5. The largest absolute Gasteiger partial charge is 0.496 e. The Morgan fingerprint density at radius 2 is 0.971 bits per heavy atom. The molecule has 0 spiro atoms. The van der Waals surface area contributed by atoms with Gasteiger partial charge in [0.15, 0.2) is 0 Å². The number of hydrogen-bond acceptors (Lipinski definition) is 2. The Hall–Kier alpha value is -1.96. The summed E-state index contributed by atoms with van der Waals surface area (Å²) in [7, 11) is 3.69. The average Bonchev–Trinajstić information content (AvgIpc) is 2.93. The van der Waals surface area contributed by atoms with Crippen LogP contribution in [0.5, 0.6) is 11.5 Å². The summed E-state index contributed by atoms with van der Waals surface area (Å²) in [6, 6.07) is 14.5. The predicted octanol–water partition coefficient (Wildman–Crippen LogP) is 9.05. The summed E-state index contributed by atoms with van der Waals surface area (Å²) in [5, 5.41) is 0. The van der Waals surface area contributed by atoms with Crippen molar-refractivity contribution in [2.45, 2.75) is 114 Å². The van der Waals surface area contributed by atoms with Crippen LogP contribution in [0.25, 0.3) is 0 Å². The zero-order chi connectivity index (χ0) is 23.4. The van der Waals surface area contributed by atoms with Gasteiger partial charge in [0.1, 0.15) is 11.5 Å². The molecule has 0 radical (unpaired) electrons. The van der Waals surface area contributed by atoms with Crippen molar-refractivity contribution in [3.8, 4) is 11.5 Å². The maximum Gasteiger partial charge on any atom is 0.122 e. The maximum absolute atomic E-state index is 5.89. The molecule has 0 atom stereocenters. The zero-order valence-electron chi connectivity index (χ0n) is 21.5. The van der Waals surface area contributed by atoms with Gasteiger partial charge in [0.05, 0.1) is 14.2 Å². The molecular weight excluding hydrogens is 416 g/mol. The molecule has 0 N–H and O–H groups in total. The van der Waals surface area contributed by atoms with Crippen molar-refractivity contribution >= 4 is 0 Å². The number of ether oxygens (including phenoxy) is 2. The van der Waals surface area contributed by atoms with Crippen molar-refractivity contribution in [1.82, 2.24) is 0 Å². The predicted molar refractivity (Wildman–Crippen MR) is 142 cm³/mol. The second kappa shape index (κ2) is 10.8. The summed E-state index contributed by atoms with van der Waals surface area (Å²) in [4.78, 5) is 0. The Morgan fingerprint density at radius 3 is 1.38 bits per heavy atom. The van der Waals surface area contributed by atoms with Gasteiger partial charge in [-0.05, 0) is 84.7 Å². The van der Waals surface area contributed by atoms with Gasteiger partial charge in [-0.25, -0.2) is 0 Å². The molecule has 3 aliphatic carbocycles. The Morgan fingerprint density at radius 1 is 0.559 bits per heavy atom. The molecule has 2 heteroatoms. The molecule has 2 aromatic carbocycles. The number of methoxy groups -OCH3 is 2. The first-order chi connectivity index (χ1) is 16.7. The first-order valence-corrected chi connectivity index (χ1v) is 14.1. The summed E-state index contributed by atoms with van der Waals surface area (Å²) in [6.07, 6.45) is 19.9. The molecule has 2 nitrogen and oxygen atoms in total. The normalized spacial score (nSPS) is 21.8. The molecule has 0 aliphatic heterocycles. The van der Waals surface area contributed by atoms with Crippen molar-refractivity contribution in [3.63, 3.8) is 0 Å². The number of benzene rings is 2. The van der Waals surface area contributed by atoms with Crippen LogP contribution in [-0.4, -0.2) is 14.2 Å². The molecule has 34 heavy (non-hydrogen) atoms. The van der Waals surface area contributed by atoms with Gasteiger partial charge in [-0.15, -0.1) is 0 Å². The molecule has 3 aliphatic rings. The SMILES string of the molecule is COc1ccc(C2(c3ccc(OC)c(C4CCCCC4)c3)CCCCC2)cc1C1CCCCC1. The van der Waals surface area contributed by atoms with E-state index < -0.39 is 0 Å². The zero-order valence-corrected chi connectivity index (χ0v) is 21.5. The molecule has 2 aromatic rings. The number of hydrogen-bond donors (Lipinski definition) is 0.